The fourth-order valence-corrected chi connectivity index (χ4v) is 2.94. The van der Waals surface area contributed by atoms with Gasteiger partial charge >= 0.3 is 0 Å². The number of unbranched alkanes of at least 4 members (excludes halogenated alkanes) is 10. The zero-order valence-corrected chi connectivity index (χ0v) is 18.0. The van der Waals surface area contributed by atoms with Crippen molar-refractivity contribution in [2.45, 2.75) is 103 Å². The highest BCUT2D eigenvalue weighted by atomic mass is 16.6. The van der Waals surface area contributed by atoms with Crippen molar-refractivity contribution in [3.05, 3.63) is 0 Å². The molecule has 0 fully saturated rings. The average molecular weight is 391 g/mol. The molecule has 0 rings (SSSR count). The van der Waals surface area contributed by atoms with E-state index in [1.54, 1.807) is 0 Å². The molecule has 5 nitrogen and oxygen atoms in total. The number of hydrogen-bond acceptors (Lipinski definition) is 5. The van der Waals surface area contributed by atoms with Crippen molar-refractivity contribution >= 4 is 0 Å². The van der Waals surface area contributed by atoms with Crippen LogP contribution in [0.5, 0.6) is 0 Å². The summed E-state index contributed by atoms with van der Waals surface area (Å²) >= 11 is 0. The van der Waals surface area contributed by atoms with Gasteiger partial charge < -0.3 is 24.4 Å². The molecule has 0 aromatic carbocycles. The van der Waals surface area contributed by atoms with E-state index in [4.69, 9.17) is 14.2 Å². The minimum absolute atomic E-state index is 0.107. The average Bonchev–Trinajstić information content (AvgIpc) is 2.69. The largest absolute Gasteiger partial charge is 0.394 e. The van der Waals surface area contributed by atoms with E-state index in [-0.39, 0.29) is 13.2 Å². The maximum Gasteiger partial charge on any atom is 0.104 e. The summed E-state index contributed by atoms with van der Waals surface area (Å²) in [5, 5.41) is 18.9. The summed E-state index contributed by atoms with van der Waals surface area (Å²) in [6.07, 6.45) is 14.0. The van der Waals surface area contributed by atoms with Crippen molar-refractivity contribution in [2.24, 2.45) is 0 Å². The molecule has 164 valence electrons. The first-order chi connectivity index (χ1) is 13.3. The third kappa shape index (κ3) is 18.9. The summed E-state index contributed by atoms with van der Waals surface area (Å²) in [6.45, 7) is 6.34. The van der Waals surface area contributed by atoms with Crippen molar-refractivity contribution in [3.8, 4) is 0 Å². The van der Waals surface area contributed by atoms with Gasteiger partial charge in [-0.2, -0.15) is 0 Å². The molecule has 0 aromatic heterocycles. The second-order valence-corrected chi connectivity index (χ2v) is 7.43. The number of rotatable bonds is 22. The summed E-state index contributed by atoms with van der Waals surface area (Å²) in [6, 6.07) is 0. The van der Waals surface area contributed by atoms with Crippen molar-refractivity contribution < 1.29 is 24.4 Å². The second-order valence-electron chi connectivity index (χ2n) is 7.43. The SMILES string of the molecule is CCCCCCCCOCC(CO)OC(CO)COCCCCCCCC. The van der Waals surface area contributed by atoms with Gasteiger partial charge in [0.15, 0.2) is 0 Å². The van der Waals surface area contributed by atoms with Crippen LogP contribution in [0.4, 0.5) is 0 Å². The Kier molecular flexibility index (Phi) is 21.9. The quantitative estimate of drug-likeness (QED) is 0.267. The molecule has 0 heterocycles. The first-order valence-electron chi connectivity index (χ1n) is 11.3. The number of ether oxygens (including phenoxy) is 3. The molecule has 0 aliphatic rings. The Morgan fingerprint density at radius 3 is 1.30 bits per heavy atom. The van der Waals surface area contributed by atoms with Crippen LogP contribution in [-0.2, 0) is 14.2 Å². The van der Waals surface area contributed by atoms with Crippen molar-refractivity contribution in [1.82, 2.24) is 0 Å². The van der Waals surface area contributed by atoms with E-state index in [9.17, 15) is 10.2 Å². The third-order valence-electron chi connectivity index (χ3n) is 4.68. The predicted octanol–water partition coefficient (Wildman–Crippen LogP) is 4.48. The summed E-state index contributed by atoms with van der Waals surface area (Å²) in [5.74, 6) is 0. The lowest BCUT2D eigenvalue weighted by Crippen LogP contribution is -2.34. The molecule has 0 saturated heterocycles. The molecule has 0 aliphatic carbocycles. The Balaban J connectivity index is 3.64. The van der Waals surface area contributed by atoms with Gasteiger partial charge in [0.25, 0.3) is 0 Å². The molecular weight excluding hydrogens is 344 g/mol. The summed E-state index contributed by atoms with van der Waals surface area (Å²) in [5.41, 5.74) is 0. The van der Waals surface area contributed by atoms with E-state index < -0.39 is 12.2 Å². The van der Waals surface area contributed by atoms with Gasteiger partial charge in [0.1, 0.15) is 12.2 Å². The van der Waals surface area contributed by atoms with Gasteiger partial charge in [-0.1, -0.05) is 78.1 Å². The van der Waals surface area contributed by atoms with Gasteiger partial charge in [-0.3, -0.25) is 0 Å². The van der Waals surface area contributed by atoms with Gasteiger partial charge in [-0.05, 0) is 12.8 Å². The Hall–Kier alpha value is -0.200. The van der Waals surface area contributed by atoms with Crippen LogP contribution >= 0.6 is 0 Å². The van der Waals surface area contributed by atoms with Gasteiger partial charge in [-0.15, -0.1) is 0 Å². The highest BCUT2D eigenvalue weighted by Gasteiger charge is 2.16. The van der Waals surface area contributed by atoms with E-state index >= 15 is 0 Å². The highest BCUT2D eigenvalue weighted by Crippen LogP contribution is 2.07. The Labute approximate surface area is 167 Å². The van der Waals surface area contributed by atoms with Crippen LogP contribution in [0.2, 0.25) is 0 Å². The van der Waals surface area contributed by atoms with Gasteiger partial charge in [0.2, 0.25) is 0 Å². The minimum atomic E-state index is -0.403. The van der Waals surface area contributed by atoms with Gasteiger partial charge in [-0.25, -0.2) is 0 Å². The normalized spacial score (nSPS) is 13.8. The third-order valence-corrected chi connectivity index (χ3v) is 4.68. The molecule has 0 aliphatic heterocycles. The zero-order valence-electron chi connectivity index (χ0n) is 18.0. The van der Waals surface area contributed by atoms with Crippen LogP contribution < -0.4 is 0 Å². The molecule has 27 heavy (non-hydrogen) atoms. The molecule has 0 spiro atoms. The molecule has 2 unspecified atom stereocenters. The maximum absolute atomic E-state index is 9.46. The maximum atomic E-state index is 9.46. The second kappa shape index (κ2) is 22.1. The van der Waals surface area contributed by atoms with E-state index in [1.165, 1.54) is 64.2 Å². The van der Waals surface area contributed by atoms with Crippen LogP contribution in [0, 0.1) is 0 Å². The standard InChI is InChI=1S/C22H46O5/c1-3-5-7-9-11-13-15-25-19-21(17-23)27-22(18-24)20-26-16-14-12-10-8-6-4-2/h21-24H,3-20H2,1-2H3. The van der Waals surface area contributed by atoms with E-state index in [1.807, 2.05) is 0 Å². The summed E-state index contributed by atoms with van der Waals surface area (Å²) in [4.78, 5) is 0. The summed E-state index contributed by atoms with van der Waals surface area (Å²) in [7, 11) is 0. The van der Waals surface area contributed by atoms with Crippen molar-refractivity contribution in [2.75, 3.05) is 39.6 Å². The van der Waals surface area contributed by atoms with E-state index in [0.29, 0.717) is 26.4 Å². The lowest BCUT2D eigenvalue weighted by atomic mass is 10.1. The van der Waals surface area contributed by atoms with Crippen LogP contribution in [0.25, 0.3) is 0 Å². The predicted molar refractivity (Wildman–Crippen MR) is 111 cm³/mol. The van der Waals surface area contributed by atoms with Crippen LogP contribution in [0.3, 0.4) is 0 Å². The number of aliphatic hydroxyl groups excluding tert-OH is 2. The smallest absolute Gasteiger partial charge is 0.104 e. The first kappa shape index (κ1) is 26.8. The molecule has 0 amide bonds. The van der Waals surface area contributed by atoms with Crippen molar-refractivity contribution in [1.29, 1.82) is 0 Å². The van der Waals surface area contributed by atoms with Crippen LogP contribution in [-0.4, -0.2) is 62.1 Å². The lowest BCUT2D eigenvalue weighted by molar-refractivity contribution is -0.115. The molecule has 2 N–H and O–H groups in total. The fraction of sp³-hybridized carbons (Fsp3) is 1.00. The monoisotopic (exact) mass is 390 g/mol. The Morgan fingerprint density at radius 2 is 0.926 bits per heavy atom. The molecule has 5 heteroatoms. The fourth-order valence-electron chi connectivity index (χ4n) is 2.94. The van der Waals surface area contributed by atoms with E-state index in [2.05, 4.69) is 13.8 Å². The molecule has 2 atom stereocenters. The number of aliphatic hydroxyl groups is 2. The highest BCUT2D eigenvalue weighted by molar-refractivity contribution is 4.62. The Bertz CT molecular complexity index is 249. The lowest BCUT2D eigenvalue weighted by Gasteiger charge is -2.22. The topological polar surface area (TPSA) is 68.2 Å². The molecule has 0 radical (unpaired) electrons. The van der Waals surface area contributed by atoms with Crippen LogP contribution in [0.15, 0.2) is 0 Å². The molecule has 0 saturated carbocycles. The van der Waals surface area contributed by atoms with E-state index in [0.717, 1.165) is 12.8 Å². The van der Waals surface area contributed by atoms with Gasteiger partial charge in [0.05, 0.1) is 26.4 Å². The van der Waals surface area contributed by atoms with Crippen LogP contribution in [0.1, 0.15) is 90.9 Å². The van der Waals surface area contributed by atoms with Crippen molar-refractivity contribution in [3.63, 3.8) is 0 Å². The number of hydrogen-bond donors (Lipinski definition) is 2. The summed E-state index contributed by atoms with van der Waals surface area (Å²) < 4.78 is 17.0. The minimum Gasteiger partial charge on any atom is -0.394 e. The molecular formula is C22H46O5. The zero-order chi connectivity index (χ0) is 20.0. The first-order valence-corrected chi connectivity index (χ1v) is 11.3. The van der Waals surface area contributed by atoms with Gasteiger partial charge in [0, 0.05) is 13.2 Å². The molecule has 0 bridgehead atoms. The molecule has 0 aromatic rings. The Morgan fingerprint density at radius 1 is 0.556 bits per heavy atom.